The molecule has 0 saturated carbocycles. The van der Waals surface area contributed by atoms with Gasteiger partial charge in [-0.1, -0.05) is 0 Å². The normalized spacial score (nSPS) is 13.1. The van der Waals surface area contributed by atoms with E-state index in [1.807, 2.05) is 12.1 Å². The first-order chi connectivity index (χ1) is 12.6. The summed E-state index contributed by atoms with van der Waals surface area (Å²) in [5.74, 6) is 0.480. The van der Waals surface area contributed by atoms with Gasteiger partial charge in [-0.05, 0) is 31.0 Å². The third-order valence-electron chi connectivity index (χ3n) is 3.98. The van der Waals surface area contributed by atoms with Crippen molar-refractivity contribution in [2.24, 2.45) is 5.73 Å². The first kappa shape index (κ1) is 17.2. The molecule has 1 aliphatic heterocycles. The molecule has 4 heterocycles. The number of primary amides is 1. The molecule has 3 aromatic heterocycles. The van der Waals surface area contributed by atoms with E-state index in [1.165, 1.54) is 17.4 Å². The van der Waals surface area contributed by atoms with Crippen molar-refractivity contribution >= 4 is 23.2 Å². The average molecular weight is 350 g/mol. The second-order valence-electron chi connectivity index (χ2n) is 5.72. The van der Waals surface area contributed by atoms with Gasteiger partial charge in [0, 0.05) is 31.7 Å². The number of carbonyl (C=O) groups excluding carboxylic acids is 1. The van der Waals surface area contributed by atoms with Crippen molar-refractivity contribution in [3.05, 3.63) is 47.9 Å². The number of nitriles is 1. The molecule has 1 saturated heterocycles. The van der Waals surface area contributed by atoms with Gasteiger partial charge in [-0.15, -0.1) is 5.10 Å². The monoisotopic (exact) mass is 350 g/mol. The number of hydrogen-bond donors (Lipinski definition) is 2. The van der Waals surface area contributed by atoms with Gasteiger partial charge < -0.3 is 16.4 Å². The highest BCUT2D eigenvalue weighted by Crippen LogP contribution is 2.17. The van der Waals surface area contributed by atoms with E-state index in [2.05, 4.69) is 26.0 Å². The molecule has 1 fully saturated rings. The van der Waals surface area contributed by atoms with Crippen molar-refractivity contribution in [2.45, 2.75) is 12.8 Å². The number of anilines is 2. The quantitative estimate of drug-likeness (QED) is 0.701. The van der Waals surface area contributed by atoms with E-state index < -0.39 is 5.91 Å². The fourth-order valence-corrected chi connectivity index (χ4v) is 2.73. The number of nitrogens with two attached hydrogens (primary N) is 2. The second kappa shape index (κ2) is 7.48. The molecule has 1 amide bonds. The number of rotatable bonds is 2. The number of fused-ring (bicyclic) bond motifs is 1. The molecule has 1 aliphatic rings. The number of nitrogens with zero attached hydrogens (tertiary/aromatic N) is 6. The lowest BCUT2D eigenvalue weighted by Crippen LogP contribution is -2.18. The van der Waals surface area contributed by atoms with Crippen molar-refractivity contribution in [3.63, 3.8) is 0 Å². The number of hydrogen-bond acceptors (Lipinski definition) is 7. The lowest BCUT2D eigenvalue weighted by atomic mass is 10.3. The number of pyridine rings is 1. The van der Waals surface area contributed by atoms with E-state index in [0.717, 1.165) is 18.9 Å². The predicted octanol–water partition coefficient (Wildman–Crippen LogP) is 0.964. The molecule has 4 rings (SSSR count). The zero-order valence-corrected chi connectivity index (χ0v) is 14.0. The fourth-order valence-electron chi connectivity index (χ4n) is 2.73. The van der Waals surface area contributed by atoms with E-state index in [-0.39, 0.29) is 11.4 Å². The lowest BCUT2D eigenvalue weighted by Gasteiger charge is -2.15. The maximum absolute atomic E-state index is 10.9. The van der Waals surface area contributed by atoms with Crippen molar-refractivity contribution in [3.8, 4) is 6.07 Å². The third-order valence-corrected chi connectivity index (χ3v) is 3.98. The zero-order valence-electron chi connectivity index (χ0n) is 14.0. The Balaban J connectivity index is 0.000000151. The Bertz CT molecular complexity index is 951. The molecule has 26 heavy (non-hydrogen) atoms. The van der Waals surface area contributed by atoms with Crippen LogP contribution in [0.3, 0.4) is 0 Å². The minimum absolute atomic E-state index is 0.103. The van der Waals surface area contributed by atoms with Gasteiger partial charge in [0.05, 0.1) is 5.56 Å². The fraction of sp³-hybridized carbons (Fsp3) is 0.235. The largest absolute Gasteiger partial charge is 0.381 e. The summed E-state index contributed by atoms with van der Waals surface area (Å²) >= 11 is 0. The molecule has 9 nitrogen and oxygen atoms in total. The van der Waals surface area contributed by atoms with E-state index in [1.54, 1.807) is 24.7 Å². The average Bonchev–Trinajstić information content (AvgIpc) is 3.29. The SMILES string of the molecule is N#Cc1ccc(N2CCCC2)nc1.NC(=O)c1c(N)nn2cccnc12. The van der Waals surface area contributed by atoms with Crippen LogP contribution in [0.2, 0.25) is 0 Å². The number of amides is 1. The minimum atomic E-state index is -0.619. The van der Waals surface area contributed by atoms with Crippen LogP contribution in [-0.4, -0.2) is 38.6 Å². The van der Waals surface area contributed by atoms with E-state index >= 15 is 0 Å². The molecule has 0 aromatic carbocycles. The van der Waals surface area contributed by atoms with Crippen LogP contribution in [-0.2, 0) is 0 Å². The summed E-state index contributed by atoms with van der Waals surface area (Å²) in [5.41, 5.74) is 11.8. The lowest BCUT2D eigenvalue weighted by molar-refractivity contribution is 0.100. The van der Waals surface area contributed by atoms with E-state index in [9.17, 15) is 4.79 Å². The van der Waals surface area contributed by atoms with E-state index in [0.29, 0.717) is 11.2 Å². The van der Waals surface area contributed by atoms with Crippen LogP contribution in [0.1, 0.15) is 28.8 Å². The smallest absolute Gasteiger partial charge is 0.256 e. The van der Waals surface area contributed by atoms with Gasteiger partial charge >= 0.3 is 0 Å². The second-order valence-corrected chi connectivity index (χ2v) is 5.72. The van der Waals surface area contributed by atoms with Crippen LogP contribution in [0.15, 0.2) is 36.8 Å². The topological polar surface area (TPSA) is 139 Å². The van der Waals surface area contributed by atoms with Gasteiger partial charge in [-0.2, -0.15) is 5.26 Å². The molecule has 4 N–H and O–H groups in total. The summed E-state index contributed by atoms with van der Waals surface area (Å²) in [6, 6.07) is 7.49. The summed E-state index contributed by atoms with van der Waals surface area (Å²) in [5, 5.41) is 12.5. The summed E-state index contributed by atoms with van der Waals surface area (Å²) in [6.07, 6.45) is 7.32. The maximum Gasteiger partial charge on any atom is 0.256 e. The number of carbonyl (C=O) groups is 1. The third kappa shape index (κ3) is 3.54. The highest BCUT2D eigenvalue weighted by Gasteiger charge is 2.15. The van der Waals surface area contributed by atoms with Crippen molar-refractivity contribution in [2.75, 3.05) is 23.7 Å². The van der Waals surface area contributed by atoms with Crippen molar-refractivity contribution in [1.82, 2.24) is 19.6 Å². The zero-order chi connectivity index (χ0) is 18.5. The molecule has 0 bridgehead atoms. The van der Waals surface area contributed by atoms with Crippen LogP contribution < -0.4 is 16.4 Å². The molecule has 9 heteroatoms. The number of nitrogen functional groups attached to an aromatic ring is 1. The van der Waals surface area contributed by atoms with Crippen LogP contribution in [0.5, 0.6) is 0 Å². The van der Waals surface area contributed by atoms with Gasteiger partial charge in [0.25, 0.3) is 5.91 Å². The van der Waals surface area contributed by atoms with Gasteiger partial charge in [0.15, 0.2) is 11.5 Å². The Hall–Kier alpha value is -3.67. The summed E-state index contributed by atoms with van der Waals surface area (Å²) in [6.45, 7) is 2.19. The van der Waals surface area contributed by atoms with Crippen LogP contribution in [0.4, 0.5) is 11.6 Å². The summed E-state index contributed by atoms with van der Waals surface area (Å²) in [7, 11) is 0. The molecule has 0 radical (unpaired) electrons. The van der Waals surface area contributed by atoms with Gasteiger partial charge in [0.2, 0.25) is 0 Å². The Morgan fingerprint density at radius 1 is 1.23 bits per heavy atom. The molecule has 0 unspecified atom stereocenters. The van der Waals surface area contributed by atoms with Crippen molar-refractivity contribution in [1.29, 1.82) is 5.26 Å². The first-order valence-corrected chi connectivity index (χ1v) is 8.10. The predicted molar refractivity (Wildman–Crippen MR) is 96.3 cm³/mol. The van der Waals surface area contributed by atoms with Crippen LogP contribution in [0.25, 0.3) is 5.65 Å². The molecular formula is C17H18N8O. The molecular weight excluding hydrogens is 332 g/mol. The molecule has 132 valence electrons. The molecule has 0 spiro atoms. The Kier molecular flexibility index (Phi) is 4.94. The highest BCUT2D eigenvalue weighted by molar-refractivity contribution is 6.03. The molecule has 0 atom stereocenters. The Labute approximate surface area is 149 Å². The maximum atomic E-state index is 10.9. The van der Waals surface area contributed by atoms with Gasteiger partial charge in [0.1, 0.15) is 17.5 Å². The highest BCUT2D eigenvalue weighted by atomic mass is 16.1. The first-order valence-electron chi connectivity index (χ1n) is 8.10. The Morgan fingerprint density at radius 3 is 2.62 bits per heavy atom. The van der Waals surface area contributed by atoms with Crippen LogP contribution >= 0.6 is 0 Å². The number of aromatic nitrogens is 4. The van der Waals surface area contributed by atoms with Gasteiger partial charge in [-0.25, -0.2) is 14.5 Å². The molecule has 0 aliphatic carbocycles. The molecule has 3 aromatic rings. The summed E-state index contributed by atoms with van der Waals surface area (Å²) < 4.78 is 1.41. The Morgan fingerprint density at radius 2 is 2.00 bits per heavy atom. The van der Waals surface area contributed by atoms with Crippen LogP contribution in [0, 0.1) is 11.3 Å². The van der Waals surface area contributed by atoms with Crippen molar-refractivity contribution < 1.29 is 4.79 Å². The van der Waals surface area contributed by atoms with Gasteiger partial charge in [-0.3, -0.25) is 4.79 Å². The summed E-state index contributed by atoms with van der Waals surface area (Å²) in [4.78, 5) is 21.4. The standard InChI is InChI=1S/C10H11N3.C7H7N5O/c11-7-9-3-4-10(12-8-9)13-5-1-2-6-13;8-5-4(6(9)13)7-10-2-1-3-12(7)11-5/h3-4,8H,1-2,5-6H2;1-3H,(H2,8,11)(H2,9,13). The van der Waals surface area contributed by atoms with E-state index in [4.69, 9.17) is 16.7 Å². The minimum Gasteiger partial charge on any atom is -0.381 e.